The van der Waals surface area contributed by atoms with Crippen LogP contribution in [0.1, 0.15) is 5.56 Å². The normalized spacial score (nSPS) is 11.8. The molecule has 90 heavy (non-hydrogen) atoms. The van der Waals surface area contributed by atoms with Crippen LogP contribution in [0.5, 0.6) is 0 Å². The fraction of sp³-hybridized carbons (Fsp3) is 0. The third-order valence-electron chi connectivity index (χ3n) is 18.0. The summed E-state index contributed by atoms with van der Waals surface area (Å²) in [6, 6.07) is 110. The number of fused-ring (bicyclic) bond motifs is 14. The zero-order valence-electron chi connectivity index (χ0n) is 48.4. The maximum atomic E-state index is 10.4. The second-order valence-corrected chi connectivity index (χ2v) is 23.0. The van der Waals surface area contributed by atoms with Crippen molar-refractivity contribution in [3.8, 4) is 85.2 Å². The summed E-state index contributed by atoms with van der Waals surface area (Å²) in [7, 11) is 0. The molecule has 0 aliphatic heterocycles. The first-order valence-corrected chi connectivity index (χ1v) is 30.3. The molecule has 0 spiro atoms. The van der Waals surface area contributed by atoms with Crippen LogP contribution in [0.15, 0.2) is 303 Å². The van der Waals surface area contributed by atoms with Crippen molar-refractivity contribution in [2.24, 2.45) is 0 Å². The van der Waals surface area contributed by atoms with Crippen LogP contribution in [-0.4, -0.2) is 33.2 Å². The lowest BCUT2D eigenvalue weighted by Crippen LogP contribution is -2.06. The van der Waals surface area contributed by atoms with Gasteiger partial charge in [-0.05, 0) is 108 Å². The first-order valence-electron chi connectivity index (χ1n) is 30.3. The number of rotatable bonds is 9. The van der Waals surface area contributed by atoms with Gasteiger partial charge in [0.15, 0.2) is 17.5 Å². The molecule has 18 aromatic rings. The van der Waals surface area contributed by atoms with Crippen molar-refractivity contribution in [3.63, 3.8) is 0 Å². The van der Waals surface area contributed by atoms with E-state index in [4.69, 9.17) is 15.0 Å². The average Bonchev–Trinajstić information content (AvgIpc) is 1.55. The van der Waals surface area contributed by atoms with Crippen LogP contribution in [0.3, 0.4) is 0 Å². The van der Waals surface area contributed by atoms with Gasteiger partial charge in [-0.3, -0.25) is 0 Å². The van der Waals surface area contributed by atoms with Crippen molar-refractivity contribution in [2.45, 2.75) is 0 Å². The van der Waals surface area contributed by atoms with E-state index in [1.54, 1.807) is 0 Å². The van der Waals surface area contributed by atoms with Crippen molar-refractivity contribution in [1.82, 2.24) is 33.2 Å². The largest absolute Gasteiger partial charge is 0.309 e. The molecule has 0 unspecified atom stereocenters. The number of hydrogen-bond donors (Lipinski definition) is 0. The number of hydrogen-bond acceptors (Lipinski definition) is 4. The molecule has 0 radical (unpaired) electrons. The number of nitrogens with zero attached hydrogens (tertiary/aromatic N) is 8. The fourth-order valence-electron chi connectivity index (χ4n) is 14.2. The Balaban J connectivity index is 1.00. The molecule has 0 saturated heterocycles. The van der Waals surface area contributed by atoms with Gasteiger partial charge in [0, 0.05) is 71.2 Å². The highest BCUT2D eigenvalue weighted by Crippen LogP contribution is 2.49. The zero-order valence-corrected chi connectivity index (χ0v) is 48.4. The Bertz CT molecular complexity index is 5910. The summed E-state index contributed by atoms with van der Waals surface area (Å²) in [6.45, 7) is 0. The predicted octanol–water partition coefficient (Wildman–Crippen LogP) is 20.5. The van der Waals surface area contributed by atoms with Gasteiger partial charge in [0.05, 0.1) is 72.7 Å². The lowest BCUT2D eigenvalue weighted by molar-refractivity contribution is 1.06. The summed E-state index contributed by atoms with van der Waals surface area (Å²) in [6.07, 6.45) is 0. The van der Waals surface area contributed by atoms with Gasteiger partial charge in [0.2, 0.25) is 0 Å². The number of benzene rings is 13. The molecule has 0 bridgehead atoms. The van der Waals surface area contributed by atoms with Crippen LogP contribution in [0, 0.1) is 11.3 Å². The van der Waals surface area contributed by atoms with Crippen LogP contribution >= 0.6 is 0 Å². The molecule has 0 amide bonds. The van der Waals surface area contributed by atoms with Crippen LogP contribution < -0.4 is 0 Å². The Morgan fingerprint density at radius 3 is 1.21 bits per heavy atom. The van der Waals surface area contributed by atoms with E-state index >= 15 is 0 Å². The molecule has 0 saturated carbocycles. The highest BCUT2D eigenvalue weighted by molar-refractivity contribution is 6.28. The molecular formula is C82H50N8. The Hall–Kier alpha value is -12.4. The summed E-state index contributed by atoms with van der Waals surface area (Å²) in [5.41, 5.74) is 19.6. The lowest BCUT2D eigenvalue weighted by Gasteiger charge is -2.21. The first kappa shape index (κ1) is 50.8. The van der Waals surface area contributed by atoms with E-state index in [1.807, 2.05) is 54.6 Å². The summed E-state index contributed by atoms with van der Waals surface area (Å²) >= 11 is 0. The second kappa shape index (κ2) is 20.3. The van der Waals surface area contributed by atoms with Crippen LogP contribution in [-0.2, 0) is 0 Å². The minimum Gasteiger partial charge on any atom is -0.309 e. The molecule has 5 aromatic heterocycles. The Kier molecular flexibility index (Phi) is 11.5. The van der Waals surface area contributed by atoms with Crippen LogP contribution in [0.2, 0.25) is 0 Å². The maximum Gasteiger partial charge on any atom is 0.166 e. The van der Waals surface area contributed by atoms with E-state index in [0.29, 0.717) is 23.0 Å². The van der Waals surface area contributed by atoms with Crippen molar-refractivity contribution < 1.29 is 0 Å². The van der Waals surface area contributed by atoms with Crippen LogP contribution in [0.25, 0.3) is 166 Å². The monoisotopic (exact) mass is 1150 g/mol. The van der Waals surface area contributed by atoms with Gasteiger partial charge in [-0.15, -0.1) is 0 Å². The molecule has 0 aliphatic carbocycles. The zero-order chi connectivity index (χ0) is 59.4. The summed E-state index contributed by atoms with van der Waals surface area (Å²) < 4.78 is 9.76. The Labute approximate surface area is 516 Å². The van der Waals surface area contributed by atoms with Gasteiger partial charge in [0.25, 0.3) is 0 Å². The van der Waals surface area contributed by atoms with E-state index in [1.165, 1.54) is 21.5 Å². The molecule has 8 nitrogen and oxygen atoms in total. The molecule has 418 valence electrons. The predicted molar refractivity (Wildman–Crippen MR) is 369 cm³/mol. The van der Waals surface area contributed by atoms with Gasteiger partial charge in [0.1, 0.15) is 0 Å². The van der Waals surface area contributed by atoms with Gasteiger partial charge >= 0.3 is 0 Å². The fourth-order valence-corrected chi connectivity index (χ4v) is 14.2. The smallest absolute Gasteiger partial charge is 0.166 e. The molecule has 0 atom stereocenters. The highest BCUT2D eigenvalue weighted by Gasteiger charge is 2.29. The Morgan fingerprint density at radius 2 is 0.689 bits per heavy atom. The Morgan fingerprint density at radius 1 is 0.267 bits per heavy atom. The maximum absolute atomic E-state index is 10.4. The van der Waals surface area contributed by atoms with E-state index in [-0.39, 0.29) is 0 Å². The van der Waals surface area contributed by atoms with E-state index in [0.717, 1.165) is 127 Å². The molecule has 8 heteroatoms. The highest BCUT2D eigenvalue weighted by atomic mass is 15.1. The van der Waals surface area contributed by atoms with Gasteiger partial charge in [-0.2, -0.15) is 5.26 Å². The molecule has 18 rings (SSSR count). The summed E-state index contributed by atoms with van der Waals surface area (Å²) in [5.74, 6) is 1.62. The first-order chi connectivity index (χ1) is 44.6. The third-order valence-corrected chi connectivity index (χ3v) is 18.0. The number of para-hydroxylation sites is 6. The van der Waals surface area contributed by atoms with E-state index in [2.05, 4.69) is 273 Å². The van der Waals surface area contributed by atoms with Crippen molar-refractivity contribution in [2.75, 3.05) is 0 Å². The minimum absolute atomic E-state index is 0.512. The van der Waals surface area contributed by atoms with E-state index in [9.17, 15) is 5.26 Å². The molecule has 0 aliphatic rings. The summed E-state index contributed by atoms with van der Waals surface area (Å²) in [5, 5.41) is 19.6. The van der Waals surface area contributed by atoms with Crippen molar-refractivity contribution in [3.05, 3.63) is 309 Å². The quantitative estimate of drug-likeness (QED) is 0.144. The average molecular weight is 1150 g/mol. The second-order valence-electron chi connectivity index (χ2n) is 23.0. The van der Waals surface area contributed by atoms with Crippen molar-refractivity contribution in [1.29, 1.82) is 5.26 Å². The number of nitriles is 1. The van der Waals surface area contributed by atoms with Crippen LogP contribution in [0.4, 0.5) is 0 Å². The number of aromatic nitrogens is 7. The van der Waals surface area contributed by atoms with Gasteiger partial charge in [-0.1, -0.05) is 212 Å². The van der Waals surface area contributed by atoms with Crippen molar-refractivity contribution >= 4 is 87.2 Å². The molecule has 13 aromatic carbocycles. The molecule has 0 fully saturated rings. The van der Waals surface area contributed by atoms with Gasteiger partial charge in [-0.25, -0.2) is 15.0 Å². The molecule has 0 N–H and O–H groups in total. The molecular weight excluding hydrogens is 1100 g/mol. The standard InChI is InChI=1S/C82H50N8/c83-51-52-23-21-28-55(49-52)56-43-46-71(89-69-40-19-15-35-64(69)75-73(89)47-44-62-59-33-13-17-38-67(59)87(78(62)75)57-29-9-3-10-30-57)66(50-56)61-37-22-42-72(77(61)82-85-80(53-24-5-1-6-25-53)84-81(86-82)54-26-7-2-8-27-54)90-70-41-20-16-36-65(70)76-74(90)48-45-63-60-34-14-18-39-68(60)88(79(63)76)58-31-11-4-12-32-58/h1-50H. The lowest BCUT2D eigenvalue weighted by atomic mass is 9.92. The van der Waals surface area contributed by atoms with Gasteiger partial charge < -0.3 is 18.3 Å². The van der Waals surface area contributed by atoms with E-state index < -0.39 is 0 Å². The minimum atomic E-state index is 0.512. The molecule has 5 heterocycles. The topological polar surface area (TPSA) is 82.2 Å². The SMILES string of the molecule is N#Cc1cccc(-c2ccc(-n3c4ccccc4c4c3ccc3c5ccccc5n(-c5ccccc5)c34)c(-c3cccc(-n4c5ccccc5c5c4ccc4c6ccccc6n(-c6ccccc6)c45)c3-c3nc(-c4ccccc4)nc(-c4ccccc4)n3)c2)c1. The third kappa shape index (κ3) is 7.77. The summed E-state index contributed by atoms with van der Waals surface area (Å²) in [4.78, 5) is 16.6.